The number of rotatable bonds is 4. The summed E-state index contributed by atoms with van der Waals surface area (Å²) in [5.41, 5.74) is 3.12. The fourth-order valence-electron chi connectivity index (χ4n) is 3.06. The van der Waals surface area contributed by atoms with Crippen LogP contribution in [0, 0.1) is 12.8 Å². The Morgan fingerprint density at radius 2 is 2.15 bits per heavy atom. The van der Waals surface area contributed by atoms with Crippen LogP contribution >= 0.6 is 0 Å². The summed E-state index contributed by atoms with van der Waals surface area (Å²) in [4.78, 5) is 11.2. The summed E-state index contributed by atoms with van der Waals surface area (Å²) in [6.07, 6.45) is 6.49. The van der Waals surface area contributed by atoms with Crippen LogP contribution in [-0.4, -0.2) is 11.9 Å². The van der Waals surface area contributed by atoms with E-state index in [-0.39, 0.29) is 5.91 Å². The largest absolute Gasteiger partial charge is 0.382 e. The van der Waals surface area contributed by atoms with Crippen molar-refractivity contribution in [2.45, 2.75) is 58.9 Å². The Hall–Kier alpha value is -1.51. The third-order valence-corrected chi connectivity index (χ3v) is 4.28. The zero-order valence-electron chi connectivity index (χ0n) is 12.8. The average Bonchev–Trinajstić information content (AvgIpc) is 2.42. The lowest BCUT2D eigenvalue weighted by molar-refractivity contribution is -0.114. The predicted octanol–water partition coefficient (Wildman–Crippen LogP) is 4.33. The van der Waals surface area contributed by atoms with E-state index in [4.69, 9.17) is 0 Å². The Labute approximate surface area is 122 Å². The lowest BCUT2D eigenvalue weighted by Gasteiger charge is -2.30. The molecule has 0 saturated heterocycles. The normalized spacial score (nSPS) is 22.4. The second kappa shape index (κ2) is 6.78. The van der Waals surface area contributed by atoms with Crippen molar-refractivity contribution in [2.24, 2.45) is 5.92 Å². The van der Waals surface area contributed by atoms with Crippen molar-refractivity contribution in [1.29, 1.82) is 0 Å². The number of anilines is 2. The van der Waals surface area contributed by atoms with Gasteiger partial charge < -0.3 is 10.6 Å². The maximum atomic E-state index is 11.2. The van der Waals surface area contributed by atoms with E-state index in [1.54, 1.807) is 6.92 Å². The van der Waals surface area contributed by atoms with Crippen molar-refractivity contribution in [3.8, 4) is 0 Å². The highest BCUT2D eigenvalue weighted by atomic mass is 16.1. The van der Waals surface area contributed by atoms with Crippen LogP contribution in [0.25, 0.3) is 0 Å². The quantitative estimate of drug-likeness (QED) is 0.857. The Morgan fingerprint density at radius 1 is 1.35 bits per heavy atom. The number of benzene rings is 1. The van der Waals surface area contributed by atoms with Crippen molar-refractivity contribution >= 4 is 17.3 Å². The highest BCUT2D eigenvalue weighted by Crippen LogP contribution is 2.29. The smallest absolute Gasteiger partial charge is 0.221 e. The fraction of sp³-hybridized carbons (Fsp3) is 0.588. The molecule has 20 heavy (non-hydrogen) atoms. The van der Waals surface area contributed by atoms with Crippen LogP contribution in [-0.2, 0) is 4.79 Å². The second-order valence-electron chi connectivity index (χ2n) is 5.99. The van der Waals surface area contributed by atoms with Crippen LogP contribution in [0.5, 0.6) is 0 Å². The molecule has 0 bridgehead atoms. The van der Waals surface area contributed by atoms with Crippen LogP contribution in [0.1, 0.15) is 51.5 Å². The molecule has 0 aromatic heterocycles. The van der Waals surface area contributed by atoms with Gasteiger partial charge in [0.15, 0.2) is 0 Å². The lowest BCUT2D eigenvalue weighted by atomic mass is 9.84. The van der Waals surface area contributed by atoms with E-state index in [0.717, 1.165) is 22.9 Å². The van der Waals surface area contributed by atoms with Crippen LogP contribution in [0.3, 0.4) is 0 Å². The molecule has 1 amide bonds. The Balaban J connectivity index is 2.03. The molecule has 3 heteroatoms. The summed E-state index contributed by atoms with van der Waals surface area (Å²) in [7, 11) is 0. The topological polar surface area (TPSA) is 41.1 Å². The molecule has 110 valence electrons. The summed E-state index contributed by atoms with van der Waals surface area (Å²) in [6.45, 7) is 5.85. The minimum absolute atomic E-state index is 0.0195. The summed E-state index contributed by atoms with van der Waals surface area (Å²) in [5.74, 6) is 0.843. The van der Waals surface area contributed by atoms with E-state index in [9.17, 15) is 4.79 Å². The zero-order chi connectivity index (χ0) is 14.5. The van der Waals surface area contributed by atoms with E-state index >= 15 is 0 Å². The predicted molar refractivity (Wildman–Crippen MR) is 85.1 cm³/mol. The minimum Gasteiger partial charge on any atom is -0.382 e. The van der Waals surface area contributed by atoms with Gasteiger partial charge in [0, 0.05) is 24.3 Å². The van der Waals surface area contributed by atoms with E-state index < -0.39 is 0 Å². The molecule has 0 aliphatic heterocycles. The Morgan fingerprint density at radius 3 is 2.85 bits per heavy atom. The molecule has 1 aromatic carbocycles. The van der Waals surface area contributed by atoms with Crippen molar-refractivity contribution < 1.29 is 4.79 Å². The zero-order valence-corrected chi connectivity index (χ0v) is 12.8. The van der Waals surface area contributed by atoms with E-state index in [0.29, 0.717) is 6.04 Å². The first-order valence-electron chi connectivity index (χ1n) is 7.73. The molecular formula is C17H26N2O. The van der Waals surface area contributed by atoms with Crippen LogP contribution < -0.4 is 10.6 Å². The molecule has 0 radical (unpaired) electrons. The molecule has 2 unspecified atom stereocenters. The summed E-state index contributed by atoms with van der Waals surface area (Å²) >= 11 is 0. The first kappa shape index (κ1) is 14.9. The fourth-order valence-corrected chi connectivity index (χ4v) is 3.06. The van der Waals surface area contributed by atoms with Gasteiger partial charge in [0.05, 0.1) is 0 Å². The number of nitrogens with one attached hydrogen (secondary N) is 2. The molecule has 2 atom stereocenters. The van der Waals surface area contributed by atoms with E-state index in [1.165, 1.54) is 32.1 Å². The third kappa shape index (κ3) is 3.99. The molecule has 1 saturated carbocycles. The number of carbonyl (C=O) groups is 1. The van der Waals surface area contributed by atoms with Crippen LogP contribution in [0.4, 0.5) is 11.4 Å². The minimum atomic E-state index is -0.0195. The van der Waals surface area contributed by atoms with Crippen molar-refractivity contribution in [3.05, 3.63) is 23.8 Å². The first-order chi connectivity index (χ1) is 9.58. The van der Waals surface area contributed by atoms with Gasteiger partial charge in [-0.05, 0) is 43.4 Å². The number of amides is 1. The number of aryl methyl sites for hydroxylation is 1. The van der Waals surface area contributed by atoms with Gasteiger partial charge in [-0.25, -0.2) is 0 Å². The standard InChI is InChI=1S/C17H26N2O/c1-4-14-6-5-7-15(10-14)19-16-9-8-12(2)17(11-16)18-13(3)20/h8-9,11,14-15,19H,4-7,10H2,1-3H3,(H,18,20). The number of hydrogen-bond donors (Lipinski definition) is 2. The molecule has 2 rings (SSSR count). The molecule has 1 aromatic rings. The van der Waals surface area contributed by atoms with Gasteiger partial charge in [0.1, 0.15) is 0 Å². The summed E-state index contributed by atoms with van der Waals surface area (Å²) in [6, 6.07) is 6.79. The van der Waals surface area contributed by atoms with Crippen molar-refractivity contribution in [3.63, 3.8) is 0 Å². The Bertz CT molecular complexity index is 470. The molecular weight excluding hydrogens is 248 g/mol. The lowest BCUT2D eigenvalue weighted by Crippen LogP contribution is -2.27. The van der Waals surface area contributed by atoms with Crippen LogP contribution in [0.2, 0.25) is 0 Å². The average molecular weight is 274 g/mol. The van der Waals surface area contributed by atoms with Gasteiger partial charge in [-0.1, -0.05) is 32.3 Å². The highest BCUT2D eigenvalue weighted by molar-refractivity contribution is 5.90. The van der Waals surface area contributed by atoms with Crippen molar-refractivity contribution in [1.82, 2.24) is 0 Å². The number of carbonyl (C=O) groups excluding carboxylic acids is 1. The van der Waals surface area contributed by atoms with Crippen LogP contribution in [0.15, 0.2) is 18.2 Å². The second-order valence-corrected chi connectivity index (χ2v) is 5.99. The SMILES string of the molecule is CCC1CCCC(Nc2ccc(C)c(NC(C)=O)c2)C1. The molecule has 1 aliphatic rings. The van der Waals surface area contributed by atoms with Gasteiger partial charge in [0.25, 0.3) is 0 Å². The maximum absolute atomic E-state index is 11.2. The van der Waals surface area contributed by atoms with Gasteiger partial charge in [0.2, 0.25) is 5.91 Å². The Kier molecular flexibility index (Phi) is 5.05. The van der Waals surface area contributed by atoms with Gasteiger partial charge >= 0.3 is 0 Å². The molecule has 3 nitrogen and oxygen atoms in total. The monoisotopic (exact) mass is 274 g/mol. The summed E-state index contributed by atoms with van der Waals surface area (Å²) < 4.78 is 0. The highest BCUT2D eigenvalue weighted by Gasteiger charge is 2.20. The van der Waals surface area contributed by atoms with E-state index in [1.807, 2.05) is 13.0 Å². The third-order valence-electron chi connectivity index (χ3n) is 4.28. The van der Waals surface area contributed by atoms with E-state index in [2.05, 4.69) is 29.7 Å². The number of hydrogen-bond acceptors (Lipinski definition) is 2. The first-order valence-corrected chi connectivity index (χ1v) is 7.73. The molecule has 2 N–H and O–H groups in total. The molecule has 0 spiro atoms. The summed E-state index contributed by atoms with van der Waals surface area (Å²) in [5, 5.41) is 6.53. The molecule has 0 heterocycles. The van der Waals surface area contributed by atoms with Crippen molar-refractivity contribution in [2.75, 3.05) is 10.6 Å². The maximum Gasteiger partial charge on any atom is 0.221 e. The van der Waals surface area contributed by atoms with Gasteiger partial charge in [-0.3, -0.25) is 4.79 Å². The van der Waals surface area contributed by atoms with Gasteiger partial charge in [-0.15, -0.1) is 0 Å². The molecule has 1 fully saturated rings. The molecule has 1 aliphatic carbocycles. The van der Waals surface area contributed by atoms with Gasteiger partial charge in [-0.2, -0.15) is 0 Å².